The van der Waals surface area contributed by atoms with E-state index in [-0.39, 0.29) is 11.9 Å². The Hall–Kier alpha value is -2.64. The van der Waals surface area contributed by atoms with Crippen LogP contribution in [0.4, 0.5) is 16.6 Å². The van der Waals surface area contributed by atoms with Crippen molar-refractivity contribution in [2.75, 3.05) is 37.4 Å². The molecule has 0 radical (unpaired) electrons. The number of carbonyl (C=O) groups is 1. The van der Waals surface area contributed by atoms with E-state index in [9.17, 15) is 4.79 Å². The third-order valence-corrected chi connectivity index (χ3v) is 4.18. The van der Waals surface area contributed by atoms with Gasteiger partial charge in [-0.3, -0.25) is 10.00 Å². The van der Waals surface area contributed by atoms with Gasteiger partial charge in [-0.1, -0.05) is 0 Å². The molecule has 1 saturated heterocycles. The summed E-state index contributed by atoms with van der Waals surface area (Å²) in [5, 5.41) is 7.27. The average molecular weight is 329 g/mol. The molecule has 8 heteroatoms. The number of aryl methyl sites for hydroxylation is 1. The predicted octanol–water partition coefficient (Wildman–Crippen LogP) is 1.69. The van der Waals surface area contributed by atoms with Gasteiger partial charge in [-0.15, -0.1) is 0 Å². The molecule has 1 N–H and O–H groups in total. The zero-order valence-electron chi connectivity index (χ0n) is 14.3. The first kappa shape index (κ1) is 16.2. The number of nitrogens with one attached hydrogen (secondary N) is 1. The molecule has 0 aromatic carbocycles. The molecule has 1 fully saturated rings. The number of anilines is 2. The Labute approximate surface area is 141 Å². The summed E-state index contributed by atoms with van der Waals surface area (Å²) in [5.41, 5.74) is 1.04. The van der Waals surface area contributed by atoms with Gasteiger partial charge in [-0.2, -0.15) is 10.1 Å². The van der Waals surface area contributed by atoms with Crippen molar-refractivity contribution in [3.63, 3.8) is 0 Å². The van der Waals surface area contributed by atoms with E-state index in [0.717, 1.165) is 30.9 Å². The van der Waals surface area contributed by atoms with Crippen molar-refractivity contribution < 1.29 is 4.79 Å². The van der Waals surface area contributed by atoms with E-state index in [0.29, 0.717) is 12.5 Å². The van der Waals surface area contributed by atoms with Gasteiger partial charge in [-0.05, 0) is 25.0 Å². The monoisotopic (exact) mass is 329 g/mol. The molecular formula is C16H23N7O. The van der Waals surface area contributed by atoms with Crippen LogP contribution in [-0.2, 0) is 7.05 Å². The number of hydrogen-bond donors (Lipinski definition) is 1. The fourth-order valence-corrected chi connectivity index (χ4v) is 2.89. The van der Waals surface area contributed by atoms with E-state index in [1.165, 1.54) is 0 Å². The zero-order chi connectivity index (χ0) is 17.1. The van der Waals surface area contributed by atoms with Gasteiger partial charge in [0.25, 0.3) is 0 Å². The Morgan fingerprint density at radius 1 is 1.38 bits per heavy atom. The molecule has 0 aliphatic carbocycles. The summed E-state index contributed by atoms with van der Waals surface area (Å²) >= 11 is 0. The van der Waals surface area contributed by atoms with E-state index >= 15 is 0 Å². The molecule has 0 spiro atoms. The molecule has 0 bridgehead atoms. The zero-order valence-corrected chi connectivity index (χ0v) is 14.3. The number of hydrogen-bond acceptors (Lipinski definition) is 5. The lowest BCUT2D eigenvalue weighted by Gasteiger charge is -2.31. The van der Waals surface area contributed by atoms with Gasteiger partial charge in [0.15, 0.2) is 0 Å². The van der Waals surface area contributed by atoms with Crippen LogP contribution >= 0.6 is 0 Å². The van der Waals surface area contributed by atoms with Crippen LogP contribution in [0.25, 0.3) is 0 Å². The molecule has 0 saturated carbocycles. The number of aromatic nitrogens is 4. The van der Waals surface area contributed by atoms with Crippen LogP contribution < -0.4 is 10.2 Å². The van der Waals surface area contributed by atoms with E-state index in [1.807, 2.05) is 43.2 Å². The van der Waals surface area contributed by atoms with Crippen LogP contribution in [0.3, 0.4) is 0 Å². The summed E-state index contributed by atoms with van der Waals surface area (Å²) in [6.45, 7) is 1.40. The third kappa shape index (κ3) is 3.64. The maximum Gasteiger partial charge on any atom is 0.324 e. The minimum absolute atomic E-state index is 0.161. The standard InChI is InChI=1S/C16H23N7O/c1-21(2)14-6-8-17-15(18-14)19-16(24)23-9-4-5-12(11-23)13-7-10-22(3)20-13/h6-8,10,12H,4-5,9,11H2,1-3H3,(H,17,18,19,24). The molecule has 1 atom stereocenters. The fourth-order valence-electron chi connectivity index (χ4n) is 2.89. The highest BCUT2D eigenvalue weighted by molar-refractivity contribution is 5.87. The van der Waals surface area contributed by atoms with E-state index in [2.05, 4.69) is 20.4 Å². The first-order chi connectivity index (χ1) is 11.5. The van der Waals surface area contributed by atoms with E-state index < -0.39 is 0 Å². The van der Waals surface area contributed by atoms with Gasteiger partial charge in [0.1, 0.15) is 5.82 Å². The number of carbonyl (C=O) groups excluding carboxylic acids is 1. The molecular weight excluding hydrogens is 306 g/mol. The van der Waals surface area contributed by atoms with Gasteiger partial charge < -0.3 is 9.80 Å². The molecule has 24 heavy (non-hydrogen) atoms. The molecule has 128 valence electrons. The molecule has 1 aliphatic rings. The Kier molecular flexibility index (Phi) is 4.64. The number of nitrogens with zero attached hydrogens (tertiary/aromatic N) is 6. The van der Waals surface area contributed by atoms with Crippen LogP contribution in [0, 0.1) is 0 Å². The number of amides is 2. The van der Waals surface area contributed by atoms with Gasteiger partial charge >= 0.3 is 6.03 Å². The van der Waals surface area contributed by atoms with Gasteiger partial charge in [0.05, 0.1) is 5.69 Å². The largest absolute Gasteiger partial charge is 0.363 e. The highest BCUT2D eigenvalue weighted by atomic mass is 16.2. The van der Waals surface area contributed by atoms with Crippen LogP contribution in [0.5, 0.6) is 0 Å². The molecule has 3 rings (SSSR count). The Morgan fingerprint density at radius 2 is 2.21 bits per heavy atom. The maximum absolute atomic E-state index is 12.5. The first-order valence-electron chi connectivity index (χ1n) is 8.09. The Morgan fingerprint density at radius 3 is 2.92 bits per heavy atom. The van der Waals surface area contributed by atoms with E-state index in [1.54, 1.807) is 16.9 Å². The smallest absolute Gasteiger partial charge is 0.324 e. The van der Waals surface area contributed by atoms with Crippen molar-refractivity contribution in [1.82, 2.24) is 24.6 Å². The van der Waals surface area contributed by atoms with Crippen LogP contribution in [0.2, 0.25) is 0 Å². The topological polar surface area (TPSA) is 79.2 Å². The average Bonchev–Trinajstić information content (AvgIpc) is 3.02. The van der Waals surface area contributed by atoms with Gasteiger partial charge in [0.2, 0.25) is 5.95 Å². The summed E-state index contributed by atoms with van der Waals surface area (Å²) in [7, 11) is 5.71. The number of likely N-dealkylation sites (tertiary alicyclic amines) is 1. The first-order valence-corrected chi connectivity index (χ1v) is 8.09. The Bertz CT molecular complexity index is 712. The normalized spacial score (nSPS) is 17.6. The summed E-state index contributed by atoms with van der Waals surface area (Å²) in [6, 6.07) is 3.66. The van der Waals surface area contributed by atoms with Gasteiger partial charge in [0, 0.05) is 52.5 Å². The third-order valence-electron chi connectivity index (χ3n) is 4.18. The minimum Gasteiger partial charge on any atom is -0.363 e. The number of urea groups is 1. The second-order valence-electron chi connectivity index (χ2n) is 6.26. The van der Waals surface area contributed by atoms with Crippen molar-refractivity contribution in [2.24, 2.45) is 7.05 Å². The SMILES string of the molecule is CN(C)c1ccnc(NC(=O)N2CCCC(c3ccn(C)n3)C2)n1. The summed E-state index contributed by atoms with van der Waals surface area (Å²) < 4.78 is 1.80. The minimum atomic E-state index is -0.161. The van der Waals surface area contributed by atoms with Crippen LogP contribution in [0.15, 0.2) is 24.5 Å². The van der Waals surface area contributed by atoms with Crippen molar-refractivity contribution in [3.8, 4) is 0 Å². The lowest BCUT2D eigenvalue weighted by Crippen LogP contribution is -2.42. The highest BCUT2D eigenvalue weighted by Gasteiger charge is 2.26. The predicted molar refractivity (Wildman–Crippen MR) is 92.1 cm³/mol. The van der Waals surface area contributed by atoms with Crippen LogP contribution in [0.1, 0.15) is 24.5 Å². The van der Waals surface area contributed by atoms with Crippen molar-refractivity contribution in [3.05, 3.63) is 30.2 Å². The second kappa shape index (κ2) is 6.86. The molecule has 1 aliphatic heterocycles. The molecule has 2 amide bonds. The summed E-state index contributed by atoms with van der Waals surface area (Å²) in [5.74, 6) is 1.36. The van der Waals surface area contributed by atoms with Crippen molar-refractivity contribution in [2.45, 2.75) is 18.8 Å². The number of piperidine rings is 1. The van der Waals surface area contributed by atoms with Crippen LogP contribution in [-0.4, -0.2) is 57.9 Å². The second-order valence-corrected chi connectivity index (χ2v) is 6.26. The molecule has 2 aromatic heterocycles. The fraction of sp³-hybridized carbons (Fsp3) is 0.500. The highest BCUT2D eigenvalue weighted by Crippen LogP contribution is 2.25. The molecule has 8 nitrogen and oxygen atoms in total. The van der Waals surface area contributed by atoms with Crippen molar-refractivity contribution in [1.29, 1.82) is 0 Å². The van der Waals surface area contributed by atoms with E-state index in [4.69, 9.17) is 0 Å². The quantitative estimate of drug-likeness (QED) is 0.927. The Balaban J connectivity index is 1.65. The molecule has 3 heterocycles. The number of rotatable bonds is 3. The summed E-state index contributed by atoms with van der Waals surface area (Å²) in [6.07, 6.45) is 5.60. The molecule has 1 unspecified atom stereocenters. The lowest BCUT2D eigenvalue weighted by atomic mass is 9.95. The van der Waals surface area contributed by atoms with Gasteiger partial charge in [-0.25, -0.2) is 9.78 Å². The molecule has 2 aromatic rings. The lowest BCUT2D eigenvalue weighted by molar-refractivity contribution is 0.192. The maximum atomic E-state index is 12.5. The van der Waals surface area contributed by atoms with Crippen molar-refractivity contribution >= 4 is 17.8 Å². The summed E-state index contributed by atoms with van der Waals surface area (Å²) in [4.78, 5) is 24.7.